The van der Waals surface area contributed by atoms with Crippen LogP contribution in [0.2, 0.25) is 0 Å². The molecule has 1 unspecified atom stereocenters. The first-order valence-electron chi connectivity index (χ1n) is 6.74. The minimum atomic E-state index is -0.223. The fourth-order valence-electron chi connectivity index (χ4n) is 1.42. The molecular weight excluding hydrogens is 262 g/mol. The maximum atomic E-state index is 11.3. The summed E-state index contributed by atoms with van der Waals surface area (Å²) in [6, 6.07) is 0. The van der Waals surface area contributed by atoms with Crippen LogP contribution in [0, 0.1) is 5.92 Å². The normalized spacial score (nSPS) is 12.9. The summed E-state index contributed by atoms with van der Waals surface area (Å²) in [6.07, 6.45) is 4.44. The van der Waals surface area contributed by atoms with Gasteiger partial charge >= 0.3 is 5.97 Å². The summed E-state index contributed by atoms with van der Waals surface area (Å²) in [5, 5.41) is 6.44. The molecule has 0 saturated carbocycles. The number of hydrogen-bond acceptors (Lipinski definition) is 4. The van der Waals surface area contributed by atoms with Crippen LogP contribution in [0.15, 0.2) is 4.99 Å². The Hall–Kier alpha value is -0.910. The lowest BCUT2D eigenvalue weighted by molar-refractivity contribution is -0.144. The van der Waals surface area contributed by atoms with E-state index < -0.39 is 0 Å². The number of guanidine groups is 1. The van der Waals surface area contributed by atoms with Crippen LogP contribution in [0.4, 0.5) is 0 Å². The molecule has 0 spiro atoms. The highest BCUT2D eigenvalue weighted by atomic mass is 32.2. The molecule has 19 heavy (non-hydrogen) atoms. The van der Waals surface area contributed by atoms with E-state index in [1.54, 1.807) is 0 Å². The Bertz CT molecular complexity index is 273. The van der Waals surface area contributed by atoms with E-state index in [2.05, 4.69) is 26.6 Å². The molecule has 0 fully saturated rings. The van der Waals surface area contributed by atoms with Crippen molar-refractivity contribution in [3.05, 3.63) is 0 Å². The van der Waals surface area contributed by atoms with Gasteiger partial charge in [0, 0.05) is 13.1 Å². The van der Waals surface area contributed by atoms with Crippen molar-refractivity contribution < 1.29 is 9.53 Å². The van der Waals surface area contributed by atoms with Gasteiger partial charge in [0.05, 0.1) is 19.6 Å². The van der Waals surface area contributed by atoms with Crippen LogP contribution in [0.5, 0.6) is 0 Å². The van der Waals surface area contributed by atoms with Gasteiger partial charge in [0.2, 0.25) is 0 Å². The number of hydrogen-bond donors (Lipinski definition) is 2. The topological polar surface area (TPSA) is 62.7 Å². The highest BCUT2D eigenvalue weighted by molar-refractivity contribution is 7.98. The van der Waals surface area contributed by atoms with Gasteiger partial charge in [0.1, 0.15) is 0 Å². The quantitative estimate of drug-likeness (QED) is 0.291. The molecular formula is C13H27N3O2S. The number of nitrogens with zero attached hydrogens (tertiary/aromatic N) is 1. The van der Waals surface area contributed by atoms with E-state index in [0.717, 1.165) is 25.5 Å². The van der Waals surface area contributed by atoms with Crippen molar-refractivity contribution in [2.24, 2.45) is 10.9 Å². The number of unbranched alkanes of at least 4 members (excludes halogenated alkanes) is 1. The third kappa shape index (κ3) is 9.64. The van der Waals surface area contributed by atoms with Crippen LogP contribution in [0.25, 0.3) is 0 Å². The van der Waals surface area contributed by atoms with Crippen molar-refractivity contribution in [2.75, 3.05) is 38.8 Å². The summed E-state index contributed by atoms with van der Waals surface area (Å²) < 4.78 is 4.68. The van der Waals surface area contributed by atoms with Crippen LogP contribution in [-0.4, -0.2) is 50.7 Å². The summed E-state index contributed by atoms with van der Waals surface area (Å²) in [6.45, 7) is 5.99. The van der Waals surface area contributed by atoms with Gasteiger partial charge in [-0.05, 0) is 31.8 Å². The first kappa shape index (κ1) is 18.1. The first-order valence-corrected chi connectivity index (χ1v) is 8.14. The summed E-state index contributed by atoms with van der Waals surface area (Å²) in [5.41, 5.74) is 0. The van der Waals surface area contributed by atoms with Gasteiger partial charge in [-0.2, -0.15) is 11.8 Å². The maximum absolute atomic E-state index is 11.3. The van der Waals surface area contributed by atoms with E-state index >= 15 is 0 Å². The average Bonchev–Trinajstić information content (AvgIpc) is 2.43. The number of esters is 1. The predicted molar refractivity (Wildman–Crippen MR) is 82.8 cm³/mol. The number of carbonyl (C=O) groups is 1. The minimum Gasteiger partial charge on any atom is -0.469 e. The van der Waals surface area contributed by atoms with Gasteiger partial charge in [-0.1, -0.05) is 6.92 Å². The standard InChI is InChI=1S/C13H27N3O2S/c1-5-14-13(15-8-6-7-9-19-4)16-10-11(2)12(17)18-3/h11H,5-10H2,1-4H3,(H2,14,15,16). The van der Waals surface area contributed by atoms with E-state index in [9.17, 15) is 4.79 Å². The monoisotopic (exact) mass is 289 g/mol. The molecule has 0 aromatic heterocycles. The molecule has 0 aliphatic rings. The lowest BCUT2D eigenvalue weighted by Crippen LogP contribution is -2.38. The molecule has 5 nitrogen and oxygen atoms in total. The first-order chi connectivity index (χ1) is 9.15. The molecule has 0 heterocycles. The predicted octanol–water partition coefficient (Wildman–Crippen LogP) is 1.49. The van der Waals surface area contributed by atoms with E-state index in [1.165, 1.54) is 19.3 Å². The molecule has 112 valence electrons. The molecule has 0 aliphatic heterocycles. The highest BCUT2D eigenvalue weighted by Gasteiger charge is 2.12. The number of ether oxygens (including phenoxy) is 1. The summed E-state index contributed by atoms with van der Waals surface area (Å²) in [5.74, 6) is 1.52. The van der Waals surface area contributed by atoms with Crippen molar-refractivity contribution >= 4 is 23.7 Å². The van der Waals surface area contributed by atoms with Gasteiger partial charge in [-0.25, -0.2) is 0 Å². The molecule has 6 heteroatoms. The minimum absolute atomic E-state index is 0.211. The van der Waals surface area contributed by atoms with Gasteiger partial charge in [-0.15, -0.1) is 0 Å². The van der Waals surface area contributed by atoms with E-state index in [-0.39, 0.29) is 11.9 Å². The average molecular weight is 289 g/mol. The van der Waals surface area contributed by atoms with Gasteiger partial charge < -0.3 is 15.4 Å². The molecule has 0 rings (SSSR count). The number of thioether (sulfide) groups is 1. The summed E-state index contributed by atoms with van der Waals surface area (Å²) >= 11 is 1.87. The van der Waals surface area contributed by atoms with Crippen LogP contribution >= 0.6 is 11.8 Å². The second kappa shape index (κ2) is 12.1. The van der Waals surface area contributed by atoms with Crippen LogP contribution in [-0.2, 0) is 9.53 Å². The maximum Gasteiger partial charge on any atom is 0.310 e. The molecule has 0 radical (unpaired) electrons. The molecule has 1 atom stereocenters. The van der Waals surface area contributed by atoms with E-state index in [4.69, 9.17) is 0 Å². The zero-order valence-electron chi connectivity index (χ0n) is 12.5. The van der Waals surface area contributed by atoms with Gasteiger partial charge in [-0.3, -0.25) is 9.79 Å². The largest absolute Gasteiger partial charge is 0.469 e. The smallest absolute Gasteiger partial charge is 0.310 e. The van der Waals surface area contributed by atoms with Crippen molar-refractivity contribution in [1.29, 1.82) is 0 Å². The molecule has 0 saturated heterocycles. The van der Waals surface area contributed by atoms with Gasteiger partial charge in [0.25, 0.3) is 0 Å². The molecule has 0 aromatic carbocycles. The van der Waals surface area contributed by atoms with Crippen LogP contribution < -0.4 is 10.6 Å². The summed E-state index contributed by atoms with van der Waals surface area (Å²) in [4.78, 5) is 15.7. The Balaban J connectivity index is 4.04. The van der Waals surface area contributed by atoms with Crippen molar-refractivity contribution in [1.82, 2.24) is 10.6 Å². The molecule has 0 aliphatic carbocycles. The second-order valence-electron chi connectivity index (χ2n) is 4.27. The number of rotatable bonds is 9. The third-order valence-electron chi connectivity index (χ3n) is 2.54. The van der Waals surface area contributed by atoms with E-state index in [1.807, 2.05) is 25.6 Å². The lowest BCUT2D eigenvalue weighted by Gasteiger charge is -2.12. The Morgan fingerprint density at radius 1 is 1.37 bits per heavy atom. The zero-order valence-corrected chi connectivity index (χ0v) is 13.3. The Morgan fingerprint density at radius 2 is 2.11 bits per heavy atom. The third-order valence-corrected chi connectivity index (χ3v) is 3.24. The van der Waals surface area contributed by atoms with Crippen LogP contribution in [0.3, 0.4) is 0 Å². The van der Waals surface area contributed by atoms with Crippen molar-refractivity contribution in [2.45, 2.75) is 26.7 Å². The molecule has 2 N–H and O–H groups in total. The van der Waals surface area contributed by atoms with E-state index in [0.29, 0.717) is 6.54 Å². The number of carbonyl (C=O) groups excluding carboxylic acids is 1. The highest BCUT2D eigenvalue weighted by Crippen LogP contribution is 1.99. The number of methoxy groups -OCH3 is 1. The summed E-state index contributed by atoms with van der Waals surface area (Å²) in [7, 11) is 1.40. The Kier molecular flexibility index (Phi) is 11.6. The van der Waals surface area contributed by atoms with Gasteiger partial charge in [0.15, 0.2) is 5.96 Å². The molecule has 0 bridgehead atoms. The number of nitrogens with one attached hydrogen (secondary N) is 2. The fraction of sp³-hybridized carbons (Fsp3) is 0.846. The molecule has 0 amide bonds. The Morgan fingerprint density at radius 3 is 2.68 bits per heavy atom. The fourth-order valence-corrected chi connectivity index (χ4v) is 1.92. The lowest BCUT2D eigenvalue weighted by atomic mass is 10.2. The SMILES string of the molecule is CCNC(=NCC(C)C(=O)OC)NCCCCSC. The van der Waals surface area contributed by atoms with Crippen molar-refractivity contribution in [3.63, 3.8) is 0 Å². The second-order valence-corrected chi connectivity index (χ2v) is 5.26. The van der Waals surface area contributed by atoms with Crippen LogP contribution in [0.1, 0.15) is 26.7 Å². The Labute approximate surface area is 121 Å². The number of aliphatic imine (C=N–C) groups is 1. The molecule has 0 aromatic rings. The van der Waals surface area contributed by atoms with Crippen molar-refractivity contribution in [3.8, 4) is 0 Å². The zero-order chi connectivity index (χ0) is 14.5.